The Hall–Kier alpha value is -2.09. The minimum absolute atomic E-state index is 0.0108. The third kappa shape index (κ3) is 3.15. The lowest BCUT2D eigenvalue weighted by Gasteiger charge is -2.24. The Bertz CT molecular complexity index is 689. The predicted octanol–water partition coefficient (Wildman–Crippen LogP) is 1.06. The zero-order chi connectivity index (χ0) is 15.6. The molecule has 1 N–H and O–H groups in total. The van der Waals surface area contributed by atoms with Crippen LogP contribution in [0.5, 0.6) is 0 Å². The molecular formula is C13H17N3O4S. The Kier molecular flexibility index (Phi) is 4.17. The molecule has 2 rings (SSSR count). The SMILES string of the molecule is CCC(C)NC(=O)C1=CC(c2ccco2)=NS(=O)(=O)N1C. The van der Waals surface area contributed by atoms with E-state index < -0.39 is 16.1 Å². The van der Waals surface area contributed by atoms with Gasteiger partial charge in [-0.1, -0.05) is 6.92 Å². The van der Waals surface area contributed by atoms with Gasteiger partial charge in [0.2, 0.25) is 0 Å². The maximum absolute atomic E-state index is 12.2. The summed E-state index contributed by atoms with van der Waals surface area (Å²) in [5.74, 6) is -0.171. The Morgan fingerprint density at radius 1 is 1.52 bits per heavy atom. The number of nitrogens with zero attached hydrogens (tertiary/aromatic N) is 2. The minimum atomic E-state index is -3.94. The molecule has 2 heterocycles. The van der Waals surface area contributed by atoms with Gasteiger partial charge in [0.15, 0.2) is 5.76 Å². The zero-order valence-electron chi connectivity index (χ0n) is 12.0. The van der Waals surface area contributed by atoms with E-state index in [1.165, 1.54) is 19.4 Å². The topological polar surface area (TPSA) is 92.0 Å². The highest BCUT2D eigenvalue weighted by Gasteiger charge is 2.30. The van der Waals surface area contributed by atoms with Crippen LogP contribution >= 0.6 is 0 Å². The van der Waals surface area contributed by atoms with Gasteiger partial charge in [-0.15, -0.1) is 4.40 Å². The van der Waals surface area contributed by atoms with Crippen molar-refractivity contribution in [2.24, 2.45) is 4.40 Å². The number of allylic oxidation sites excluding steroid dienone is 1. The first-order valence-electron chi connectivity index (χ1n) is 6.50. The maximum atomic E-state index is 12.2. The van der Waals surface area contributed by atoms with Crippen LogP contribution in [0.15, 0.2) is 39.0 Å². The van der Waals surface area contributed by atoms with Crippen molar-refractivity contribution < 1.29 is 17.6 Å². The Labute approximate surface area is 123 Å². The first kappa shape index (κ1) is 15.3. The first-order valence-corrected chi connectivity index (χ1v) is 7.90. The number of carbonyl (C=O) groups is 1. The van der Waals surface area contributed by atoms with Crippen molar-refractivity contribution in [2.75, 3.05) is 7.05 Å². The normalized spacial score (nSPS) is 18.7. The highest BCUT2D eigenvalue weighted by molar-refractivity contribution is 7.88. The van der Waals surface area contributed by atoms with E-state index in [0.717, 1.165) is 10.7 Å². The number of carbonyl (C=O) groups excluding carboxylic acids is 1. The van der Waals surface area contributed by atoms with Crippen LogP contribution in [0.25, 0.3) is 0 Å². The maximum Gasteiger partial charge on any atom is 0.345 e. The van der Waals surface area contributed by atoms with Crippen LogP contribution in [0.1, 0.15) is 26.0 Å². The fourth-order valence-corrected chi connectivity index (χ4v) is 2.60. The largest absolute Gasteiger partial charge is 0.463 e. The number of hydrogen-bond donors (Lipinski definition) is 1. The van der Waals surface area contributed by atoms with Gasteiger partial charge in [-0.2, -0.15) is 8.42 Å². The quantitative estimate of drug-likeness (QED) is 0.900. The summed E-state index contributed by atoms with van der Waals surface area (Å²) in [6, 6.07) is 3.15. The summed E-state index contributed by atoms with van der Waals surface area (Å²) in [6.45, 7) is 3.77. The molecule has 0 fully saturated rings. The summed E-state index contributed by atoms with van der Waals surface area (Å²) < 4.78 is 33.7. The number of likely N-dealkylation sites (N-methyl/N-ethyl adjacent to an activating group) is 1. The lowest BCUT2D eigenvalue weighted by molar-refractivity contribution is -0.119. The Morgan fingerprint density at radius 3 is 2.81 bits per heavy atom. The van der Waals surface area contributed by atoms with Crippen LogP contribution in [0.2, 0.25) is 0 Å². The van der Waals surface area contributed by atoms with Crippen molar-refractivity contribution in [2.45, 2.75) is 26.3 Å². The third-order valence-electron chi connectivity index (χ3n) is 3.17. The van der Waals surface area contributed by atoms with Crippen LogP contribution in [0.3, 0.4) is 0 Å². The molecule has 0 saturated carbocycles. The smallest absolute Gasteiger partial charge is 0.345 e. The molecule has 0 spiro atoms. The molecule has 0 saturated heterocycles. The summed E-state index contributed by atoms with van der Waals surface area (Å²) in [7, 11) is -2.65. The van der Waals surface area contributed by atoms with E-state index in [9.17, 15) is 13.2 Å². The highest BCUT2D eigenvalue weighted by atomic mass is 32.2. The number of rotatable bonds is 4. The van der Waals surface area contributed by atoms with Gasteiger partial charge >= 0.3 is 10.2 Å². The minimum Gasteiger partial charge on any atom is -0.463 e. The molecule has 1 aromatic rings. The van der Waals surface area contributed by atoms with E-state index in [2.05, 4.69) is 9.71 Å². The molecule has 1 aromatic heterocycles. The summed E-state index contributed by atoms with van der Waals surface area (Å²) in [5.41, 5.74) is 0.115. The van der Waals surface area contributed by atoms with E-state index >= 15 is 0 Å². The molecule has 1 atom stereocenters. The number of amides is 1. The van der Waals surface area contributed by atoms with Crippen molar-refractivity contribution >= 4 is 21.8 Å². The van der Waals surface area contributed by atoms with Gasteiger partial charge < -0.3 is 9.73 Å². The molecule has 0 aliphatic carbocycles. The lowest BCUT2D eigenvalue weighted by Crippen LogP contribution is -2.41. The van der Waals surface area contributed by atoms with Crippen molar-refractivity contribution in [1.29, 1.82) is 0 Å². The Morgan fingerprint density at radius 2 is 2.24 bits per heavy atom. The van der Waals surface area contributed by atoms with Crippen LogP contribution in [-0.2, 0) is 15.0 Å². The molecule has 0 bridgehead atoms. The average molecular weight is 311 g/mol. The molecule has 0 aromatic carbocycles. The van der Waals surface area contributed by atoms with E-state index in [1.807, 2.05) is 13.8 Å². The van der Waals surface area contributed by atoms with Crippen LogP contribution < -0.4 is 5.32 Å². The number of nitrogens with one attached hydrogen (secondary N) is 1. The van der Waals surface area contributed by atoms with Gasteiger partial charge in [0, 0.05) is 13.1 Å². The van der Waals surface area contributed by atoms with Crippen molar-refractivity contribution in [3.8, 4) is 0 Å². The fraction of sp³-hybridized carbons (Fsp3) is 0.385. The molecule has 1 unspecified atom stereocenters. The van der Waals surface area contributed by atoms with Crippen LogP contribution in [0.4, 0.5) is 0 Å². The molecule has 8 heteroatoms. The van der Waals surface area contributed by atoms with Crippen LogP contribution in [-0.4, -0.2) is 37.4 Å². The second-order valence-corrected chi connectivity index (χ2v) is 6.34. The van der Waals surface area contributed by atoms with Gasteiger partial charge in [0.05, 0.1) is 6.26 Å². The van der Waals surface area contributed by atoms with Crippen LogP contribution in [0, 0.1) is 0 Å². The van der Waals surface area contributed by atoms with Crippen molar-refractivity contribution in [3.63, 3.8) is 0 Å². The molecule has 0 radical (unpaired) electrons. The molecule has 1 aliphatic rings. The lowest BCUT2D eigenvalue weighted by atomic mass is 10.2. The highest BCUT2D eigenvalue weighted by Crippen LogP contribution is 2.20. The van der Waals surface area contributed by atoms with Crippen molar-refractivity contribution in [3.05, 3.63) is 35.9 Å². The summed E-state index contributed by atoms with van der Waals surface area (Å²) >= 11 is 0. The van der Waals surface area contributed by atoms with E-state index in [0.29, 0.717) is 5.76 Å². The van der Waals surface area contributed by atoms with E-state index in [4.69, 9.17) is 4.42 Å². The molecular weight excluding hydrogens is 294 g/mol. The molecule has 1 aliphatic heterocycles. The summed E-state index contributed by atoms with van der Waals surface area (Å²) in [4.78, 5) is 12.2. The first-order chi connectivity index (χ1) is 9.85. The standard InChI is InChI=1S/C13H17N3O4S/c1-4-9(2)14-13(17)11-8-10(12-6-5-7-20-12)15-21(18,19)16(11)3/h5-9H,4H2,1-3H3,(H,14,17). The van der Waals surface area contributed by atoms with E-state index in [-0.39, 0.29) is 17.5 Å². The predicted molar refractivity (Wildman–Crippen MR) is 77.9 cm³/mol. The molecule has 7 nitrogen and oxygen atoms in total. The monoisotopic (exact) mass is 311 g/mol. The summed E-state index contributed by atoms with van der Waals surface area (Å²) in [6.07, 6.45) is 3.56. The van der Waals surface area contributed by atoms with Gasteiger partial charge in [0.1, 0.15) is 11.4 Å². The number of furan rings is 1. The third-order valence-corrected chi connectivity index (χ3v) is 4.48. The zero-order valence-corrected chi connectivity index (χ0v) is 12.8. The fourth-order valence-electron chi connectivity index (χ4n) is 1.71. The second kappa shape index (κ2) is 5.72. The second-order valence-electron chi connectivity index (χ2n) is 4.71. The van der Waals surface area contributed by atoms with Crippen molar-refractivity contribution in [1.82, 2.24) is 9.62 Å². The van der Waals surface area contributed by atoms with Gasteiger partial charge in [-0.3, -0.25) is 4.79 Å². The summed E-state index contributed by atoms with van der Waals surface area (Å²) in [5, 5.41) is 2.73. The average Bonchev–Trinajstić information content (AvgIpc) is 2.95. The molecule has 21 heavy (non-hydrogen) atoms. The Balaban J connectivity index is 2.39. The molecule has 1 amide bonds. The van der Waals surface area contributed by atoms with Gasteiger partial charge in [0.25, 0.3) is 5.91 Å². The molecule has 114 valence electrons. The number of hydrogen-bond acceptors (Lipinski definition) is 4. The van der Waals surface area contributed by atoms with Gasteiger partial charge in [-0.05, 0) is 31.6 Å². The van der Waals surface area contributed by atoms with E-state index in [1.54, 1.807) is 12.1 Å². The van der Waals surface area contributed by atoms with Gasteiger partial charge in [-0.25, -0.2) is 4.31 Å².